The third-order valence-electron chi connectivity index (χ3n) is 6.64. The highest BCUT2D eigenvalue weighted by Gasteiger charge is 2.31. The number of sulfonamides is 1. The van der Waals surface area contributed by atoms with Crippen molar-refractivity contribution in [1.82, 2.24) is 9.29 Å². The molecular formula is C28H24N2O9S. The number of hydrogen-bond donors (Lipinski definition) is 1. The van der Waals surface area contributed by atoms with Gasteiger partial charge in [0.1, 0.15) is 13.2 Å². The summed E-state index contributed by atoms with van der Waals surface area (Å²) in [6.45, 7) is 0.466. The van der Waals surface area contributed by atoms with Gasteiger partial charge in [0.25, 0.3) is 5.56 Å². The molecule has 11 nitrogen and oxygen atoms in total. The number of H-pyrrole nitrogens is 1. The van der Waals surface area contributed by atoms with E-state index in [1.807, 2.05) is 0 Å². The number of nitrogens with one attached hydrogen (secondary N) is 1. The Morgan fingerprint density at radius 2 is 1.62 bits per heavy atom. The second-order valence-corrected chi connectivity index (χ2v) is 11.1. The largest absolute Gasteiger partial charge is 0.486 e. The van der Waals surface area contributed by atoms with Crippen LogP contribution in [0.2, 0.25) is 0 Å². The van der Waals surface area contributed by atoms with Crippen molar-refractivity contribution in [2.75, 3.05) is 27.1 Å². The highest BCUT2D eigenvalue weighted by molar-refractivity contribution is 7.89. The lowest BCUT2D eigenvalue weighted by Gasteiger charge is -2.24. The van der Waals surface area contributed by atoms with Crippen LogP contribution >= 0.6 is 0 Å². The summed E-state index contributed by atoms with van der Waals surface area (Å²) in [7, 11) is -3.14. The first kappa shape index (κ1) is 25.7. The van der Waals surface area contributed by atoms with Crippen molar-refractivity contribution in [2.45, 2.75) is 18.0 Å². The SMILES string of the molecule is COC(=O)c1ccccc1S(=O)(=O)N(Cc1ccc2c(c1)OCO2)Cc1cc2cc3c(cc2[nH]c1=O)OCCO3. The molecule has 1 aromatic heterocycles. The Morgan fingerprint density at radius 1 is 0.900 bits per heavy atom. The second-order valence-electron chi connectivity index (χ2n) is 9.16. The molecule has 0 bridgehead atoms. The fourth-order valence-corrected chi connectivity index (χ4v) is 6.26. The lowest BCUT2D eigenvalue weighted by atomic mass is 10.1. The third kappa shape index (κ3) is 4.71. The first-order valence-corrected chi connectivity index (χ1v) is 13.8. The smallest absolute Gasteiger partial charge is 0.339 e. The van der Waals surface area contributed by atoms with E-state index in [0.29, 0.717) is 52.7 Å². The van der Waals surface area contributed by atoms with Gasteiger partial charge in [-0.1, -0.05) is 18.2 Å². The zero-order chi connectivity index (χ0) is 27.9. The van der Waals surface area contributed by atoms with Crippen LogP contribution < -0.4 is 24.5 Å². The fraction of sp³-hybridized carbons (Fsp3) is 0.214. The van der Waals surface area contributed by atoms with Crippen LogP contribution in [0.4, 0.5) is 0 Å². The molecule has 0 amide bonds. The molecule has 0 fully saturated rings. The first-order chi connectivity index (χ1) is 19.3. The van der Waals surface area contributed by atoms with Crippen molar-refractivity contribution in [3.05, 3.63) is 87.7 Å². The van der Waals surface area contributed by atoms with Crippen LogP contribution in [-0.2, 0) is 27.8 Å². The van der Waals surface area contributed by atoms with E-state index in [4.69, 9.17) is 23.7 Å². The summed E-state index contributed by atoms with van der Waals surface area (Å²) in [5, 5.41) is 0.647. The monoisotopic (exact) mass is 564 g/mol. The van der Waals surface area contributed by atoms with Crippen LogP contribution in [0.1, 0.15) is 21.5 Å². The molecule has 0 spiro atoms. The minimum Gasteiger partial charge on any atom is -0.486 e. The molecule has 0 saturated heterocycles. The zero-order valence-corrected chi connectivity index (χ0v) is 22.2. The molecule has 3 heterocycles. The van der Waals surface area contributed by atoms with E-state index in [2.05, 4.69) is 4.98 Å². The van der Waals surface area contributed by atoms with E-state index >= 15 is 0 Å². The Bertz CT molecular complexity index is 1800. The number of ether oxygens (including phenoxy) is 5. The molecule has 1 N–H and O–H groups in total. The van der Waals surface area contributed by atoms with E-state index in [1.165, 1.54) is 25.3 Å². The van der Waals surface area contributed by atoms with Gasteiger partial charge in [-0.2, -0.15) is 4.31 Å². The van der Waals surface area contributed by atoms with Gasteiger partial charge in [0.05, 0.1) is 23.1 Å². The van der Waals surface area contributed by atoms with Crippen molar-refractivity contribution in [3.8, 4) is 23.0 Å². The summed E-state index contributed by atoms with van der Waals surface area (Å²) < 4.78 is 56.3. The molecule has 4 aromatic rings. The maximum atomic E-state index is 14.1. The van der Waals surface area contributed by atoms with E-state index < -0.39 is 21.6 Å². The molecule has 12 heteroatoms. The van der Waals surface area contributed by atoms with Gasteiger partial charge in [0.15, 0.2) is 23.0 Å². The number of aromatic nitrogens is 1. The first-order valence-electron chi connectivity index (χ1n) is 12.3. The fourth-order valence-electron chi connectivity index (χ4n) is 4.67. The zero-order valence-electron chi connectivity index (χ0n) is 21.3. The van der Waals surface area contributed by atoms with Gasteiger partial charge in [-0.15, -0.1) is 0 Å². The van der Waals surface area contributed by atoms with Crippen molar-refractivity contribution < 1.29 is 36.9 Å². The number of pyridine rings is 1. The Balaban J connectivity index is 1.43. The van der Waals surface area contributed by atoms with Crippen LogP contribution in [0.5, 0.6) is 23.0 Å². The number of carbonyl (C=O) groups is 1. The predicted octanol–water partition coefficient (Wildman–Crippen LogP) is 3.21. The summed E-state index contributed by atoms with van der Waals surface area (Å²) in [6, 6.07) is 15.9. The van der Waals surface area contributed by atoms with Gasteiger partial charge in [-0.25, -0.2) is 13.2 Å². The molecular weight excluding hydrogens is 540 g/mol. The van der Waals surface area contributed by atoms with Gasteiger partial charge in [-0.05, 0) is 42.0 Å². The third-order valence-corrected chi connectivity index (χ3v) is 8.49. The molecule has 3 aromatic carbocycles. The predicted molar refractivity (Wildman–Crippen MR) is 142 cm³/mol. The molecule has 6 rings (SSSR count). The number of esters is 1. The molecule has 2 aliphatic rings. The second kappa shape index (κ2) is 10.2. The summed E-state index contributed by atoms with van der Waals surface area (Å²) >= 11 is 0. The number of benzene rings is 3. The van der Waals surface area contributed by atoms with Crippen LogP contribution in [-0.4, -0.2) is 50.8 Å². The minimum absolute atomic E-state index is 0.0677. The Labute approximate surface area is 228 Å². The number of aromatic amines is 1. The Hall–Kier alpha value is -4.55. The van der Waals surface area contributed by atoms with Gasteiger partial charge in [0, 0.05) is 30.1 Å². The van der Waals surface area contributed by atoms with Crippen LogP contribution in [0, 0.1) is 0 Å². The van der Waals surface area contributed by atoms with Crippen LogP contribution in [0.15, 0.2) is 70.4 Å². The topological polar surface area (TPSA) is 133 Å². The molecule has 0 radical (unpaired) electrons. The molecule has 0 saturated carbocycles. The van der Waals surface area contributed by atoms with Gasteiger partial charge >= 0.3 is 5.97 Å². The number of fused-ring (bicyclic) bond motifs is 3. The maximum Gasteiger partial charge on any atom is 0.339 e. The number of hydrogen-bond acceptors (Lipinski definition) is 9. The quantitative estimate of drug-likeness (QED) is 0.336. The minimum atomic E-state index is -4.32. The number of nitrogens with zero attached hydrogens (tertiary/aromatic N) is 1. The standard InChI is InChI=1S/C28H24N2O9S/c1-35-28(32)20-4-2-3-5-26(20)40(33,34)30(14-17-6-7-22-23(10-17)39-16-38-22)15-19-11-18-12-24-25(37-9-8-36-24)13-21(18)29-27(19)31/h2-7,10-13H,8-9,14-16H2,1H3,(H,29,31). The van der Waals surface area contributed by atoms with E-state index in [0.717, 1.165) is 4.31 Å². The number of rotatable bonds is 7. The van der Waals surface area contributed by atoms with Gasteiger partial charge in [-0.3, -0.25) is 4.79 Å². The highest BCUT2D eigenvalue weighted by atomic mass is 32.2. The summed E-state index contributed by atoms with van der Waals surface area (Å²) in [6.07, 6.45) is 0. The van der Waals surface area contributed by atoms with Crippen molar-refractivity contribution in [1.29, 1.82) is 0 Å². The van der Waals surface area contributed by atoms with Crippen LogP contribution in [0.25, 0.3) is 10.9 Å². The Kier molecular flexibility index (Phi) is 6.56. The molecule has 0 unspecified atom stereocenters. The summed E-state index contributed by atoms with van der Waals surface area (Å²) in [5.74, 6) is 1.30. The van der Waals surface area contributed by atoms with Crippen LogP contribution in [0.3, 0.4) is 0 Å². The van der Waals surface area contributed by atoms with Crippen molar-refractivity contribution in [3.63, 3.8) is 0 Å². The average molecular weight is 565 g/mol. The van der Waals surface area contributed by atoms with Gasteiger partial charge < -0.3 is 28.7 Å². The van der Waals surface area contributed by atoms with E-state index in [-0.39, 0.29) is 35.9 Å². The van der Waals surface area contributed by atoms with E-state index in [9.17, 15) is 18.0 Å². The summed E-state index contributed by atoms with van der Waals surface area (Å²) in [4.78, 5) is 28.2. The summed E-state index contributed by atoms with van der Waals surface area (Å²) in [5.41, 5.74) is 0.747. The lowest BCUT2D eigenvalue weighted by Crippen LogP contribution is -2.33. The number of methoxy groups -OCH3 is 1. The van der Waals surface area contributed by atoms with Gasteiger partial charge in [0.2, 0.25) is 16.8 Å². The molecule has 2 aliphatic heterocycles. The molecule has 0 aliphatic carbocycles. The number of carbonyl (C=O) groups excluding carboxylic acids is 1. The van der Waals surface area contributed by atoms with Crippen molar-refractivity contribution in [2.24, 2.45) is 0 Å². The molecule has 40 heavy (non-hydrogen) atoms. The molecule has 0 atom stereocenters. The lowest BCUT2D eigenvalue weighted by molar-refractivity contribution is 0.0596. The average Bonchev–Trinajstić information content (AvgIpc) is 3.44. The maximum absolute atomic E-state index is 14.1. The van der Waals surface area contributed by atoms with E-state index in [1.54, 1.807) is 42.5 Å². The van der Waals surface area contributed by atoms with Crippen molar-refractivity contribution >= 4 is 26.9 Å². The molecule has 206 valence electrons. The highest BCUT2D eigenvalue weighted by Crippen LogP contribution is 2.35. The normalized spacial score (nSPS) is 13.9. The Morgan fingerprint density at radius 3 is 2.42 bits per heavy atom.